The van der Waals surface area contributed by atoms with E-state index in [9.17, 15) is 5.11 Å². The van der Waals surface area contributed by atoms with E-state index in [1.165, 1.54) is 18.6 Å². The molecular formula is C11H23NOS. The lowest BCUT2D eigenvalue weighted by molar-refractivity contribution is 0.0473. The topological polar surface area (TPSA) is 32.3 Å². The third-order valence-electron chi connectivity index (χ3n) is 2.93. The minimum absolute atomic E-state index is 0.390. The number of thioether (sulfide) groups is 1. The molecule has 0 amide bonds. The van der Waals surface area contributed by atoms with Crippen LogP contribution in [0, 0.1) is 5.92 Å². The van der Waals surface area contributed by atoms with Gasteiger partial charge in [0.1, 0.15) is 0 Å². The second kappa shape index (κ2) is 5.99. The molecule has 1 saturated carbocycles. The molecule has 1 unspecified atom stereocenters. The Bertz CT molecular complexity index is 157. The van der Waals surface area contributed by atoms with Gasteiger partial charge in [0, 0.05) is 6.54 Å². The van der Waals surface area contributed by atoms with Gasteiger partial charge in [0.05, 0.1) is 5.60 Å². The van der Waals surface area contributed by atoms with E-state index in [1.807, 2.05) is 11.8 Å². The Morgan fingerprint density at radius 1 is 1.43 bits per heavy atom. The normalized spacial score (nSPS) is 22.5. The maximum atomic E-state index is 10.1. The number of nitrogens with one attached hydrogen (secondary N) is 1. The van der Waals surface area contributed by atoms with Gasteiger partial charge in [-0.3, -0.25) is 0 Å². The summed E-state index contributed by atoms with van der Waals surface area (Å²) in [5.74, 6) is 1.90. The van der Waals surface area contributed by atoms with Crippen LogP contribution in [0.5, 0.6) is 0 Å². The molecule has 1 aliphatic rings. The summed E-state index contributed by atoms with van der Waals surface area (Å²) in [5, 5.41) is 13.5. The van der Waals surface area contributed by atoms with Gasteiger partial charge in [0.15, 0.2) is 0 Å². The average Bonchev–Trinajstić information content (AvgIpc) is 2.53. The second-order valence-corrected chi connectivity index (χ2v) is 5.53. The van der Waals surface area contributed by atoms with Crippen molar-refractivity contribution in [1.29, 1.82) is 0 Å². The summed E-state index contributed by atoms with van der Waals surface area (Å²) >= 11 is 1.89. The van der Waals surface area contributed by atoms with Crippen molar-refractivity contribution in [2.24, 2.45) is 5.92 Å². The number of rotatable bonds is 6. The predicted molar refractivity (Wildman–Crippen MR) is 63.8 cm³/mol. The van der Waals surface area contributed by atoms with Crippen LogP contribution >= 0.6 is 11.8 Å². The van der Waals surface area contributed by atoms with Crippen molar-refractivity contribution in [1.82, 2.24) is 5.32 Å². The van der Waals surface area contributed by atoms with Crippen LogP contribution in [-0.4, -0.2) is 35.8 Å². The van der Waals surface area contributed by atoms with E-state index in [2.05, 4.69) is 18.5 Å². The molecule has 2 nitrogen and oxygen atoms in total. The van der Waals surface area contributed by atoms with Crippen LogP contribution in [0.1, 0.15) is 32.6 Å². The van der Waals surface area contributed by atoms with Crippen molar-refractivity contribution in [3.05, 3.63) is 0 Å². The molecule has 84 valence electrons. The van der Waals surface area contributed by atoms with E-state index in [0.717, 1.165) is 25.9 Å². The van der Waals surface area contributed by atoms with Crippen molar-refractivity contribution < 1.29 is 5.11 Å². The first-order valence-corrected chi connectivity index (χ1v) is 6.98. The van der Waals surface area contributed by atoms with Crippen molar-refractivity contribution >= 4 is 11.8 Å². The highest BCUT2D eigenvalue weighted by Gasteiger charge is 2.30. The zero-order valence-corrected chi connectivity index (χ0v) is 10.2. The van der Waals surface area contributed by atoms with E-state index in [0.29, 0.717) is 5.92 Å². The molecule has 3 heteroatoms. The first-order chi connectivity index (χ1) is 6.66. The molecule has 0 radical (unpaired) electrons. The molecule has 0 aromatic heterocycles. The molecule has 1 rings (SSSR count). The van der Waals surface area contributed by atoms with Crippen LogP contribution in [0.15, 0.2) is 0 Å². The predicted octanol–water partition coefficient (Wildman–Crippen LogP) is 1.88. The highest BCUT2D eigenvalue weighted by molar-refractivity contribution is 7.98. The molecular weight excluding hydrogens is 194 g/mol. The fourth-order valence-electron chi connectivity index (χ4n) is 2.10. The molecule has 0 saturated heterocycles. The minimum atomic E-state index is -0.390. The molecule has 0 aromatic rings. The van der Waals surface area contributed by atoms with Crippen molar-refractivity contribution in [2.45, 2.75) is 38.2 Å². The van der Waals surface area contributed by atoms with Gasteiger partial charge in [-0.05, 0) is 37.3 Å². The maximum absolute atomic E-state index is 10.1. The van der Waals surface area contributed by atoms with Gasteiger partial charge >= 0.3 is 0 Å². The minimum Gasteiger partial charge on any atom is -0.389 e. The monoisotopic (exact) mass is 217 g/mol. The Hall–Kier alpha value is 0.270. The Morgan fingerprint density at radius 3 is 2.64 bits per heavy atom. The van der Waals surface area contributed by atoms with Gasteiger partial charge in [0.25, 0.3) is 0 Å². The zero-order valence-electron chi connectivity index (χ0n) is 9.38. The summed E-state index contributed by atoms with van der Waals surface area (Å²) in [6.45, 7) is 4.07. The molecule has 0 aromatic carbocycles. The van der Waals surface area contributed by atoms with Gasteiger partial charge in [-0.15, -0.1) is 0 Å². The van der Waals surface area contributed by atoms with Crippen molar-refractivity contribution in [3.63, 3.8) is 0 Å². The Morgan fingerprint density at radius 2 is 2.07 bits per heavy atom. The van der Waals surface area contributed by atoms with Gasteiger partial charge in [0.2, 0.25) is 0 Å². The highest BCUT2D eigenvalue weighted by atomic mass is 32.2. The van der Waals surface area contributed by atoms with Crippen molar-refractivity contribution in [2.75, 3.05) is 25.1 Å². The second-order valence-electron chi connectivity index (χ2n) is 4.62. The molecule has 0 bridgehead atoms. The standard InChI is InChI=1S/C11H23NOS/c1-10(8-14-2)7-12-9-11(13)5-3-4-6-11/h10,12-13H,3-9H2,1-2H3. The summed E-state index contributed by atoms with van der Waals surface area (Å²) < 4.78 is 0. The lowest BCUT2D eigenvalue weighted by Crippen LogP contribution is -2.39. The van der Waals surface area contributed by atoms with Crippen LogP contribution in [0.25, 0.3) is 0 Å². The van der Waals surface area contributed by atoms with Crippen molar-refractivity contribution in [3.8, 4) is 0 Å². The lowest BCUT2D eigenvalue weighted by atomic mass is 10.0. The van der Waals surface area contributed by atoms with E-state index in [1.54, 1.807) is 0 Å². The Kier molecular flexibility index (Phi) is 5.28. The number of hydrogen-bond donors (Lipinski definition) is 2. The third kappa shape index (κ3) is 4.20. The molecule has 1 aliphatic carbocycles. The third-order valence-corrected chi connectivity index (χ3v) is 3.83. The maximum Gasteiger partial charge on any atom is 0.0771 e. The van der Waals surface area contributed by atoms with Gasteiger partial charge < -0.3 is 10.4 Å². The number of hydrogen-bond acceptors (Lipinski definition) is 3. The fraction of sp³-hybridized carbons (Fsp3) is 1.00. The summed E-state index contributed by atoms with van der Waals surface area (Å²) in [7, 11) is 0. The van der Waals surface area contributed by atoms with Gasteiger partial charge in [-0.2, -0.15) is 11.8 Å². The molecule has 14 heavy (non-hydrogen) atoms. The van der Waals surface area contributed by atoms with E-state index in [4.69, 9.17) is 0 Å². The molecule has 0 spiro atoms. The molecule has 1 fully saturated rings. The largest absolute Gasteiger partial charge is 0.389 e. The SMILES string of the molecule is CSCC(C)CNCC1(O)CCCC1. The molecule has 1 atom stereocenters. The zero-order chi connectivity index (χ0) is 10.4. The molecule has 0 heterocycles. The summed E-state index contributed by atoms with van der Waals surface area (Å²) in [4.78, 5) is 0. The van der Waals surface area contributed by atoms with Gasteiger partial charge in [-0.25, -0.2) is 0 Å². The quantitative estimate of drug-likeness (QED) is 0.712. The van der Waals surface area contributed by atoms with E-state index < -0.39 is 0 Å². The first-order valence-electron chi connectivity index (χ1n) is 5.58. The lowest BCUT2D eigenvalue weighted by Gasteiger charge is -2.23. The van der Waals surface area contributed by atoms with Crippen LogP contribution < -0.4 is 5.32 Å². The Balaban J connectivity index is 2.08. The smallest absolute Gasteiger partial charge is 0.0771 e. The fourth-order valence-corrected chi connectivity index (χ4v) is 2.79. The number of aliphatic hydroxyl groups is 1. The highest BCUT2D eigenvalue weighted by Crippen LogP contribution is 2.28. The van der Waals surface area contributed by atoms with Gasteiger partial charge in [-0.1, -0.05) is 19.8 Å². The Labute approximate surface area is 91.9 Å². The van der Waals surface area contributed by atoms with Crippen LogP contribution in [-0.2, 0) is 0 Å². The summed E-state index contributed by atoms with van der Waals surface area (Å²) in [5.41, 5.74) is -0.390. The van der Waals surface area contributed by atoms with E-state index >= 15 is 0 Å². The molecule has 2 N–H and O–H groups in total. The van der Waals surface area contributed by atoms with Crippen LogP contribution in [0.2, 0.25) is 0 Å². The van der Waals surface area contributed by atoms with E-state index in [-0.39, 0.29) is 5.60 Å². The van der Waals surface area contributed by atoms with Crippen LogP contribution in [0.3, 0.4) is 0 Å². The first kappa shape index (κ1) is 12.3. The summed E-state index contributed by atoms with van der Waals surface area (Å²) in [6.07, 6.45) is 6.49. The summed E-state index contributed by atoms with van der Waals surface area (Å²) in [6, 6.07) is 0. The average molecular weight is 217 g/mol. The van der Waals surface area contributed by atoms with Crippen LogP contribution in [0.4, 0.5) is 0 Å². The molecule has 0 aliphatic heterocycles.